The van der Waals surface area contributed by atoms with Crippen LogP contribution in [0.2, 0.25) is 0 Å². The minimum Gasteiger partial charge on any atom is -0.353 e. The second-order valence-corrected chi connectivity index (χ2v) is 7.68. The fourth-order valence-electron chi connectivity index (χ4n) is 3.73. The topological polar surface area (TPSA) is 92.5 Å². The normalized spacial score (nSPS) is 13.8. The van der Waals surface area contributed by atoms with Gasteiger partial charge in [0.1, 0.15) is 11.6 Å². The lowest BCUT2D eigenvalue weighted by atomic mass is 10.1. The minimum atomic E-state index is -0.509. The molecule has 0 atom stereocenters. The van der Waals surface area contributed by atoms with Crippen molar-refractivity contribution in [3.63, 3.8) is 0 Å². The van der Waals surface area contributed by atoms with Crippen LogP contribution < -0.4 is 4.90 Å². The Hall–Kier alpha value is -3.88. The van der Waals surface area contributed by atoms with Crippen LogP contribution in [0.3, 0.4) is 0 Å². The summed E-state index contributed by atoms with van der Waals surface area (Å²) in [5.41, 5.74) is 2.54. The van der Waals surface area contributed by atoms with E-state index in [1.165, 1.54) is 30.3 Å². The van der Waals surface area contributed by atoms with Gasteiger partial charge in [-0.2, -0.15) is 0 Å². The van der Waals surface area contributed by atoms with E-state index < -0.39 is 4.92 Å². The van der Waals surface area contributed by atoms with Crippen LogP contribution in [0.5, 0.6) is 0 Å². The van der Waals surface area contributed by atoms with Gasteiger partial charge < -0.3 is 9.80 Å². The predicted molar refractivity (Wildman–Crippen MR) is 118 cm³/mol. The van der Waals surface area contributed by atoms with E-state index in [1.54, 1.807) is 23.1 Å². The standard InChI is InChI=1S/C23H22FN5O3/c1-15-16(2)25-21(17-5-3-7-19(24)13-17)26-22(15)27-9-11-28(12-10-27)23(30)18-6-4-8-20(14-18)29(31)32/h3-8,13-14H,9-12H2,1-2H3. The first-order chi connectivity index (χ1) is 15.3. The zero-order valence-corrected chi connectivity index (χ0v) is 17.8. The maximum atomic E-state index is 13.7. The summed E-state index contributed by atoms with van der Waals surface area (Å²) in [6, 6.07) is 12.0. The molecule has 1 aromatic heterocycles. The first kappa shape index (κ1) is 21.4. The van der Waals surface area contributed by atoms with Gasteiger partial charge in [-0.1, -0.05) is 18.2 Å². The van der Waals surface area contributed by atoms with Crippen LogP contribution in [-0.2, 0) is 0 Å². The monoisotopic (exact) mass is 435 g/mol. The Labute approximate surface area is 184 Å². The van der Waals surface area contributed by atoms with Crippen molar-refractivity contribution in [2.45, 2.75) is 13.8 Å². The molecule has 8 nitrogen and oxygen atoms in total. The number of aromatic nitrogens is 2. The molecular weight excluding hydrogens is 413 g/mol. The van der Waals surface area contributed by atoms with Gasteiger partial charge in [0.25, 0.3) is 11.6 Å². The summed E-state index contributed by atoms with van der Waals surface area (Å²) in [5, 5.41) is 11.0. The van der Waals surface area contributed by atoms with Gasteiger partial charge in [0.15, 0.2) is 5.82 Å². The van der Waals surface area contributed by atoms with Crippen molar-refractivity contribution in [1.29, 1.82) is 0 Å². The summed E-state index contributed by atoms with van der Waals surface area (Å²) in [7, 11) is 0. The van der Waals surface area contributed by atoms with Gasteiger partial charge in [-0.05, 0) is 32.0 Å². The Morgan fingerprint density at radius 1 is 1.03 bits per heavy atom. The quantitative estimate of drug-likeness (QED) is 0.458. The molecule has 1 aliphatic rings. The summed E-state index contributed by atoms with van der Waals surface area (Å²) in [6.07, 6.45) is 0. The molecule has 0 radical (unpaired) electrons. The number of nitro groups is 1. The third kappa shape index (κ3) is 4.27. The molecule has 2 heterocycles. The second kappa shape index (κ2) is 8.70. The van der Waals surface area contributed by atoms with Crippen molar-refractivity contribution < 1.29 is 14.1 Å². The molecule has 0 aliphatic carbocycles. The van der Waals surface area contributed by atoms with Crippen LogP contribution in [0, 0.1) is 29.8 Å². The van der Waals surface area contributed by atoms with Gasteiger partial charge in [-0.3, -0.25) is 14.9 Å². The van der Waals surface area contributed by atoms with Crippen molar-refractivity contribution in [2.24, 2.45) is 0 Å². The van der Waals surface area contributed by atoms with Gasteiger partial charge in [0.05, 0.1) is 4.92 Å². The van der Waals surface area contributed by atoms with Crippen LogP contribution >= 0.6 is 0 Å². The molecule has 32 heavy (non-hydrogen) atoms. The van der Waals surface area contributed by atoms with Crippen molar-refractivity contribution >= 4 is 17.4 Å². The van der Waals surface area contributed by atoms with E-state index >= 15 is 0 Å². The number of anilines is 1. The van der Waals surface area contributed by atoms with E-state index in [4.69, 9.17) is 4.98 Å². The Balaban J connectivity index is 1.52. The van der Waals surface area contributed by atoms with Crippen LogP contribution in [-0.4, -0.2) is 51.9 Å². The summed E-state index contributed by atoms with van der Waals surface area (Å²) < 4.78 is 13.7. The number of hydrogen-bond donors (Lipinski definition) is 0. The van der Waals surface area contributed by atoms with Crippen LogP contribution in [0.25, 0.3) is 11.4 Å². The molecule has 3 aromatic rings. The Kier molecular flexibility index (Phi) is 5.81. The second-order valence-electron chi connectivity index (χ2n) is 7.68. The smallest absolute Gasteiger partial charge is 0.270 e. The summed E-state index contributed by atoms with van der Waals surface area (Å²) >= 11 is 0. The van der Waals surface area contributed by atoms with Gasteiger partial charge in [-0.25, -0.2) is 14.4 Å². The highest BCUT2D eigenvalue weighted by atomic mass is 19.1. The molecule has 0 unspecified atom stereocenters. The van der Waals surface area contributed by atoms with Gasteiger partial charge >= 0.3 is 0 Å². The number of nitro benzene ring substituents is 1. The third-order valence-corrected chi connectivity index (χ3v) is 5.62. The largest absolute Gasteiger partial charge is 0.353 e. The fourth-order valence-corrected chi connectivity index (χ4v) is 3.73. The summed E-state index contributed by atoms with van der Waals surface area (Å²) in [4.78, 5) is 36.3. The van der Waals surface area contributed by atoms with Crippen LogP contribution in [0.1, 0.15) is 21.6 Å². The predicted octanol–water partition coefficient (Wildman–Crippen LogP) is 3.77. The molecule has 0 N–H and O–H groups in total. The highest BCUT2D eigenvalue weighted by Gasteiger charge is 2.25. The van der Waals surface area contributed by atoms with Gasteiger partial charge in [0, 0.05) is 60.7 Å². The van der Waals surface area contributed by atoms with E-state index in [-0.39, 0.29) is 17.4 Å². The number of aryl methyl sites for hydroxylation is 1. The molecule has 9 heteroatoms. The first-order valence-electron chi connectivity index (χ1n) is 10.2. The molecular formula is C23H22FN5O3. The highest BCUT2D eigenvalue weighted by molar-refractivity contribution is 5.95. The van der Waals surface area contributed by atoms with Crippen molar-refractivity contribution in [2.75, 3.05) is 31.1 Å². The van der Waals surface area contributed by atoms with Crippen molar-refractivity contribution in [1.82, 2.24) is 14.9 Å². The Morgan fingerprint density at radius 2 is 1.75 bits per heavy atom. The number of non-ortho nitro benzene ring substituents is 1. The van der Waals surface area contributed by atoms with Gasteiger partial charge in [0.2, 0.25) is 0 Å². The lowest BCUT2D eigenvalue weighted by Gasteiger charge is -2.36. The number of benzene rings is 2. The number of halogens is 1. The number of amides is 1. The number of nitrogens with zero attached hydrogens (tertiary/aromatic N) is 5. The van der Waals surface area contributed by atoms with Crippen molar-refractivity contribution in [3.05, 3.63) is 81.3 Å². The summed E-state index contributed by atoms with van der Waals surface area (Å²) in [6.45, 7) is 5.87. The molecule has 1 aliphatic heterocycles. The van der Waals surface area contributed by atoms with E-state index in [0.717, 1.165) is 17.1 Å². The zero-order valence-electron chi connectivity index (χ0n) is 17.8. The number of hydrogen-bond acceptors (Lipinski definition) is 6. The lowest BCUT2D eigenvalue weighted by molar-refractivity contribution is -0.384. The number of rotatable bonds is 4. The molecule has 0 spiro atoms. The Bertz CT molecular complexity index is 1190. The Morgan fingerprint density at radius 3 is 2.44 bits per heavy atom. The first-order valence-corrected chi connectivity index (χ1v) is 10.2. The highest BCUT2D eigenvalue weighted by Crippen LogP contribution is 2.26. The lowest BCUT2D eigenvalue weighted by Crippen LogP contribution is -2.49. The minimum absolute atomic E-state index is 0.105. The molecule has 1 amide bonds. The van der Waals surface area contributed by atoms with E-state index in [1.807, 2.05) is 13.8 Å². The molecule has 164 valence electrons. The van der Waals surface area contributed by atoms with Gasteiger partial charge in [-0.15, -0.1) is 0 Å². The molecule has 1 fully saturated rings. The fraction of sp³-hybridized carbons (Fsp3) is 0.261. The molecule has 2 aromatic carbocycles. The van der Waals surface area contributed by atoms with Crippen LogP contribution in [0.4, 0.5) is 15.9 Å². The van der Waals surface area contributed by atoms with Crippen molar-refractivity contribution in [3.8, 4) is 11.4 Å². The number of piperazine rings is 1. The van der Waals surface area contributed by atoms with Crippen LogP contribution in [0.15, 0.2) is 48.5 Å². The third-order valence-electron chi connectivity index (χ3n) is 5.62. The average molecular weight is 435 g/mol. The molecule has 0 saturated carbocycles. The number of carbonyl (C=O) groups excluding carboxylic acids is 1. The van der Waals surface area contributed by atoms with E-state index in [2.05, 4.69) is 9.88 Å². The summed E-state index contributed by atoms with van der Waals surface area (Å²) in [5.74, 6) is 0.639. The van der Waals surface area contributed by atoms with E-state index in [9.17, 15) is 19.3 Å². The molecule has 1 saturated heterocycles. The maximum absolute atomic E-state index is 13.7. The molecule has 0 bridgehead atoms. The maximum Gasteiger partial charge on any atom is 0.270 e. The van der Waals surface area contributed by atoms with E-state index in [0.29, 0.717) is 43.1 Å². The average Bonchev–Trinajstić information content (AvgIpc) is 2.80. The molecule has 4 rings (SSSR count). The zero-order chi connectivity index (χ0) is 22.8. The number of carbonyl (C=O) groups is 1. The SMILES string of the molecule is Cc1nc(-c2cccc(F)c2)nc(N2CCN(C(=O)c3cccc([N+](=O)[O-])c3)CC2)c1C.